The number of hydrogen-bond donors (Lipinski definition) is 1. The van der Waals surface area contributed by atoms with Crippen LogP contribution in [0.5, 0.6) is 0 Å². The molecule has 0 radical (unpaired) electrons. The van der Waals surface area contributed by atoms with Crippen LogP contribution in [0.15, 0.2) is 41.6 Å². The summed E-state index contributed by atoms with van der Waals surface area (Å²) in [5, 5.41) is 23.3. The van der Waals surface area contributed by atoms with Gasteiger partial charge in [0.05, 0.1) is 46.2 Å². The van der Waals surface area contributed by atoms with E-state index in [1.165, 1.54) is 11.8 Å². The summed E-state index contributed by atoms with van der Waals surface area (Å²) in [6, 6.07) is 9.52. The SMILES string of the molecule is O=C(CSc1nnc(CN2CCOCC2)n1-c1ccc(Cl)cc1)Nc1c(Cl)cc([N+](=O)[O-])cc1Cl. The molecule has 0 aliphatic carbocycles. The van der Waals surface area contributed by atoms with Crippen molar-refractivity contribution in [2.45, 2.75) is 11.7 Å². The number of halogens is 3. The molecule has 1 aromatic heterocycles. The number of morpholine rings is 1. The first-order chi connectivity index (χ1) is 16.8. The van der Waals surface area contributed by atoms with Crippen molar-refractivity contribution in [3.63, 3.8) is 0 Å². The molecule has 14 heteroatoms. The number of thioether (sulfide) groups is 1. The molecule has 10 nitrogen and oxygen atoms in total. The first kappa shape index (κ1) is 25.7. The molecule has 0 unspecified atom stereocenters. The average molecular weight is 558 g/mol. The summed E-state index contributed by atoms with van der Waals surface area (Å²) in [6.45, 7) is 3.46. The van der Waals surface area contributed by atoms with E-state index >= 15 is 0 Å². The van der Waals surface area contributed by atoms with Gasteiger partial charge >= 0.3 is 0 Å². The predicted octanol–water partition coefficient (Wildman–Crippen LogP) is 4.70. The van der Waals surface area contributed by atoms with Crippen LogP contribution in [-0.2, 0) is 16.1 Å². The van der Waals surface area contributed by atoms with Gasteiger partial charge in [0, 0.05) is 35.9 Å². The Morgan fingerprint density at radius 3 is 2.40 bits per heavy atom. The number of nitrogens with zero attached hydrogens (tertiary/aromatic N) is 5. The van der Waals surface area contributed by atoms with E-state index in [-0.39, 0.29) is 27.2 Å². The number of nitrogens with one attached hydrogen (secondary N) is 1. The Labute approximate surface area is 219 Å². The van der Waals surface area contributed by atoms with Gasteiger partial charge in [0.1, 0.15) is 0 Å². The fourth-order valence-electron chi connectivity index (χ4n) is 3.40. The van der Waals surface area contributed by atoms with Crippen LogP contribution in [0.1, 0.15) is 5.82 Å². The molecule has 0 saturated carbocycles. The zero-order chi connectivity index (χ0) is 24.9. The Bertz CT molecular complexity index is 1210. The average Bonchev–Trinajstić information content (AvgIpc) is 3.23. The Hall–Kier alpha value is -2.41. The molecule has 2 heterocycles. The van der Waals surface area contributed by atoms with Crippen LogP contribution >= 0.6 is 46.6 Å². The molecule has 2 aromatic carbocycles. The van der Waals surface area contributed by atoms with Crippen molar-refractivity contribution in [1.82, 2.24) is 19.7 Å². The van der Waals surface area contributed by atoms with Crippen LogP contribution in [-0.4, -0.2) is 62.6 Å². The number of aromatic nitrogens is 3. The predicted molar refractivity (Wildman–Crippen MR) is 135 cm³/mol. The summed E-state index contributed by atoms with van der Waals surface area (Å²) in [5.74, 6) is 0.291. The number of nitro benzene ring substituents is 1. The maximum Gasteiger partial charge on any atom is 0.272 e. The highest BCUT2D eigenvalue weighted by Gasteiger charge is 2.21. The standard InChI is InChI=1S/C21H19Cl3N6O4S/c22-13-1-3-14(4-2-13)29-18(11-28-5-7-34-8-6-28)26-27-21(29)35-12-19(31)25-20-16(23)9-15(30(32)33)10-17(20)24/h1-4,9-10H,5-8,11-12H2,(H,25,31). The summed E-state index contributed by atoms with van der Waals surface area (Å²) in [7, 11) is 0. The third-order valence-corrected chi connectivity index (χ3v) is 6.87. The molecule has 35 heavy (non-hydrogen) atoms. The van der Waals surface area contributed by atoms with E-state index in [2.05, 4.69) is 20.4 Å². The van der Waals surface area contributed by atoms with Crippen LogP contribution in [0.3, 0.4) is 0 Å². The number of rotatable bonds is 8. The maximum atomic E-state index is 12.6. The third kappa shape index (κ3) is 6.43. The lowest BCUT2D eigenvalue weighted by atomic mass is 10.3. The smallest absolute Gasteiger partial charge is 0.272 e. The molecular weight excluding hydrogens is 539 g/mol. The normalized spacial score (nSPS) is 14.1. The lowest BCUT2D eigenvalue weighted by molar-refractivity contribution is -0.384. The first-order valence-electron chi connectivity index (χ1n) is 10.4. The monoisotopic (exact) mass is 556 g/mol. The number of amides is 1. The maximum absolute atomic E-state index is 12.6. The van der Waals surface area contributed by atoms with Crippen molar-refractivity contribution in [3.8, 4) is 5.69 Å². The number of hydrogen-bond acceptors (Lipinski definition) is 8. The fraction of sp³-hybridized carbons (Fsp3) is 0.286. The largest absolute Gasteiger partial charge is 0.379 e. The minimum absolute atomic E-state index is 0.0209. The Morgan fingerprint density at radius 2 is 1.77 bits per heavy atom. The molecular formula is C21H19Cl3N6O4S. The number of benzene rings is 2. The van der Waals surface area contributed by atoms with E-state index < -0.39 is 10.8 Å². The van der Waals surface area contributed by atoms with Crippen LogP contribution in [0.2, 0.25) is 15.1 Å². The highest BCUT2D eigenvalue weighted by atomic mass is 35.5. The summed E-state index contributed by atoms with van der Waals surface area (Å²) in [4.78, 5) is 25.2. The molecule has 1 saturated heterocycles. The van der Waals surface area contributed by atoms with Gasteiger partial charge in [-0.3, -0.25) is 24.4 Å². The van der Waals surface area contributed by atoms with E-state index in [4.69, 9.17) is 39.5 Å². The van der Waals surface area contributed by atoms with Gasteiger partial charge in [-0.1, -0.05) is 46.6 Å². The van der Waals surface area contributed by atoms with Crippen LogP contribution < -0.4 is 5.32 Å². The Morgan fingerprint density at radius 1 is 1.11 bits per heavy atom. The Balaban J connectivity index is 1.51. The summed E-state index contributed by atoms with van der Waals surface area (Å²) in [5.41, 5.74) is 0.653. The summed E-state index contributed by atoms with van der Waals surface area (Å²) in [6.07, 6.45) is 0. The number of ether oxygens (including phenoxy) is 1. The number of anilines is 1. The fourth-order valence-corrected chi connectivity index (χ4v) is 4.86. The highest BCUT2D eigenvalue weighted by molar-refractivity contribution is 7.99. The van der Waals surface area contributed by atoms with Gasteiger partial charge in [0.25, 0.3) is 5.69 Å². The van der Waals surface area contributed by atoms with E-state index in [0.717, 1.165) is 36.7 Å². The second-order valence-electron chi connectivity index (χ2n) is 7.48. The summed E-state index contributed by atoms with van der Waals surface area (Å²) >= 11 is 19.4. The molecule has 1 N–H and O–H groups in total. The minimum atomic E-state index is -0.614. The number of carbonyl (C=O) groups excluding carboxylic acids is 1. The van der Waals surface area contributed by atoms with Crippen molar-refractivity contribution in [2.75, 3.05) is 37.4 Å². The van der Waals surface area contributed by atoms with Gasteiger partial charge in [-0.2, -0.15) is 0 Å². The molecule has 184 valence electrons. The zero-order valence-corrected chi connectivity index (χ0v) is 21.2. The van der Waals surface area contributed by atoms with Gasteiger partial charge in [-0.15, -0.1) is 10.2 Å². The van der Waals surface area contributed by atoms with Gasteiger partial charge in [-0.05, 0) is 24.3 Å². The van der Waals surface area contributed by atoms with Gasteiger partial charge in [0.2, 0.25) is 5.91 Å². The topological polar surface area (TPSA) is 115 Å². The summed E-state index contributed by atoms with van der Waals surface area (Å²) < 4.78 is 7.30. The third-order valence-electron chi connectivity index (χ3n) is 5.09. The van der Waals surface area contributed by atoms with Crippen LogP contribution in [0.25, 0.3) is 5.69 Å². The van der Waals surface area contributed by atoms with Crippen molar-refractivity contribution < 1.29 is 14.5 Å². The van der Waals surface area contributed by atoms with E-state index in [1.807, 2.05) is 16.7 Å². The van der Waals surface area contributed by atoms with Crippen molar-refractivity contribution in [1.29, 1.82) is 0 Å². The van der Waals surface area contributed by atoms with E-state index in [1.54, 1.807) is 12.1 Å². The second-order valence-corrected chi connectivity index (χ2v) is 9.67. The lowest BCUT2D eigenvalue weighted by Gasteiger charge is -2.26. The number of non-ortho nitro benzene ring substituents is 1. The molecule has 1 amide bonds. The molecule has 1 aliphatic heterocycles. The van der Waals surface area contributed by atoms with Gasteiger partial charge in [0.15, 0.2) is 11.0 Å². The van der Waals surface area contributed by atoms with E-state index in [9.17, 15) is 14.9 Å². The molecule has 4 rings (SSSR count). The molecule has 0 bridgehead atoms. The number of nitro groups is 1. The van der Waals surface area contributed by atoms with Gasteiger partial charge in [-0.25, -0.2) is 0 Å². The van der Waals surface area contributed by atoms with Crippen molar-refractivity contribution in [2.24, 2.45) is 0 Å². The van der Waals surface area contributed by atoms with E-state index in [0.29, 0.717) is 29.9 Å². The van der Waals surface area contributed by atoms with Crippen LogP contribution in [0, 0.1) is 10.1 Å². The zero-order valence-electron chi connectivity index (χ0n) is 18.1. The van der Waals surface area contributed by atoms with Crippen LogP contribution in [0.4, 0.5) is 11.4 Å². The molecule has 0 atom stereocenters. The quantitative estimate of drug-likeness (QED) is 0.241. The highest BCUT2D eigenvalue weighted by Crippen LogP contribution is 2.35. The number of carbonyl (C=O) groups is 1. The van der Waals surface area contributed by atoms with Crippen molar-refractivity contribution in [3.05, 3.63) is 67.4 Å². The molecule has 1 fully saturated rings. The minimum Gasteiger partial charge on any atom is -0.379 e. The molecule has 3 aromatic rings. The molecule has 0 spiro atoms. The Kier molecular flexibility index (Phi) is 8.47. The molecule has 1 aliphatic rings. The van der Waals surface area contributed by atoms with Gasteiger partial charge < -0.3 is 10.1 Å². The first-order valence-corrected chi connectivity index (χ1v) is 12.5. The lowest BCUT2D eigenvalue weighted by Crippen LogP contribution is -2.36. The van der Waals surface area contributed by atoms with Crippen molar-refractivity contribution >= 4 is 63.8 Å². The second kappa shape index (κ2) is 11.5.